The Morgan fingerprint density at radius 2 is 1.89 bits per heavy atom. The molecule has 27 heavy (non-hydrogen) atoms. The number of amides is 5. The lowest BCUT2D eigenvalue weighted by atomic mass is 9.88. The number of nitrogens with two attached hydrogens (primary N) is 1. The molecule has 8 nitrogen and oxygen atoms in total. The Morgan fingerprint density at radius 1 is 1.19 bits per heavy atom. The Morgan fingerprint density at radius 3 is 2.52 bits per heavy atom. The molecule has 0 unspecified atom stereocenters. The van der Waals surface area contributed by atoms with Gasteiger partial charge in [0.25, 0.3) is 0 Å². The summed E-state index contributed by atoms with van der Waals surface area (Å²) in [5.41, 5.74) is 7.32. The van der Waals surface area contributed by atoms with Gasteiger partial charge in [-0.1, -0.05) is 24.3 Å². The highest BCUT2D eigenvalue weighted by molar-refractivity contribution is 5.83. The SMILES string of the molecule is Cc1ccccc1[C@H]1[C@@H]2CN(C(=O)CNC(N)=O)C[C@@H]2CN1C(=O)N(C)C. The topological polar surface area (TPSA) is 99.0 Å². The summed E-state index contributed by atoms with van der Waals surface area (Å²) in [6.45, 7) is 3.73. The van der Waals surface area contributed by atoms with Crippen LogP contribution in [0, 0.1) is 18.8 Å². The minimum Gasteiger partial charge on any atom is -0.352 e. The second-order valence-electron chi connectivity index (χ2n) is 7.57. The van der Waals surface area contributed by atoms with Crippen LogP contribution >= 0.6 is 0 Å². The van der Waals surface area contributed by atoms with Crippen molar-refractivity contribution in [1.29, 1.82) is 0 Å². The molecule has 2 fully saturated rings. The fourth-order valence-electron chi connectivity index (χ4n) is 4.29. The maximum absolute atomic E-state index is 12.8. The monoisotopic (exact) mass is 373 g/mol. The number of benzene rings is 1. The fraction of sp³-hybridized carbons (Fsp3) is 0.526. The van der Waals surface area contributed by atoms with E-state index in [9.17, 15) is 14.4 Å². The molecule has 0 bridgehead atoms. The van der Waals surface area contributed by atoms with Gasteiger partial charge in [-0.15, -0.1) is 0 Å². The Bertz CT molecular complexity index is 751. The number of hydrogen-bond donors (Lipinski definition) is 2. The molecule has 2 heterocycles. The third-order valence-electron chi connectivity index (χ3n) is 5.57. The first-order valence-electron chi connectivity index (χ1n) is 9.14. The van der Waals surface area contributed by atoms with E-state index in [0.29, 0.717) is 19.6 Å². The van der Waals surface area contributed by atoms with Crippen molar-refractivity contribution in [2.45, 2.75) is 13.0 Å². The van der Waals surface area contributed by atoms with E-state index < -0.39 is 6.03 Å². The van der Waals surface area contributed by atoms with Crippen molar-refractivity contribution in [2.24, 2.45) is 17.6 Å². The second-order valence-corrected chi connectivity index (χ2v) is 7.57. The molecular weight excluding hydrogens is 346 g/mol. The molecule has 1 aromatic carbocycles. The van der Waals surface area contributed by atoms with Crippen LogP contribution in [-0.4, -0.2) is 72.9 Å². The summed E-state index contributed by atoms with van der Waals surface area (Å²) in [7, 11) is 3.52. The molecule has 8 heteroatoms. The van der Waals surface area contributed by atoms with Crippen LogP contribution in [0.5, 0.6) is 0 Å². The van der Waals surface area contributed by atoms with E-state index in [2.05, 4.69) is 24.4 Å². The van der Waals surface area contributed by atoms with Gasteiger partial charge in [-0.3, -0.25) is 4.79 Å². The third kappa shape index (κ3) is 3.70. The number of nitrogens with one attached hydrogen (secondary N) is 1. The summed E-state index contributed by atoms with van der Waals surface area (Å²) >= 11 is 0. The number of carbonyl (C=O) groups is 3. The van der Waals surface area contributed by atoms with E-state index >= 15 is 0 Å². The Kier molecular flexibility index (Phi) is 5.25. The number of fused-ring (bicyclic) bond motifs is 1. The molecule has 2 saturated heterocycles. The Labute approximate surface area is 159 Å². The predicted octanol–water partition coefficient (Wildman–Crippen LogP) is 0.776. The van der Waals surface area contributed by atoms with E-state index in [-0.39, 0.29) is 36.4 Å². The first-order chi connectivity index (χ1) is 12.8. The number of likely N-dealkylation sites (tertiary alicyclic amines) is 2. The maximum atomic E-state index is 12.8. The fourth-order valence-corrected chi connectivity index (χ4v) is 4.29. The molecule has 3 atom stereocenters. The summed E-state index contributed by atoms with van der Waals surface area (Å²) in [5.74, 6) is 0.251. The highest BCUT2D eigenvalue weighted by Crippen LogP contribution is 2.46. The number of primary amides is 1. The van der Waals surface area contributed by atoms with E-state index in [1.165, 1.54) is 0 Å². The smallest absolute Gasteiger partial charge is 0.320 e. The molecule has 3 rings (SSSR count). The summed E-state index contributed by atoms with van der Waals surface area (Å²) in [6, 6.07) is 7.32. The Balaban J connectivity index is 1.83. The van der Waals surface area contributed by atoms with Gasteiger partial charge in [0.1, 0.15) is 0 Å². The van der Waals surface area contributed by atoms with Gasteiger partial charge in [-0.05, 0) is 18.1 Å². The number of rotatable bonds is 3. The number of aryl methyl sites for hydroxylation is 1. The molecule has 2 aliphatic rings. The first kappa shape index (κ1) is 19.0. The molecule has 0 spiro atoms. The highest BCUT2D eigenvalue weighted by Gasteiger charge is 2.50. The second kappa shape index (κ2) is 7.46. The van der Waals surface area contributed by atoms with Crippen LogP contribution < -0.4 is 11.1 Å². The van der Waals surface area contributed by atoms with E-state index in [4.69, 9.17) is 5.73 Å². The molecule has 0 saturated carbocycles. The highest BCUT2D eigenvalue weighted by atomic mass is 16.2. The van der Waals surface area contributed by atoms with Crippen LogP contribution in [0.25, 0.3) is 0 Å². The maximum Gasteiger partial charge on any atom is 0.320 e. The molecular formula is C19H27N5O3. The van der Waals surface area contributed by atoms with Gasteiger partial charge in [0, 0.05) is 45.6 Å². The molecule has 0 radical (unpaired) electrons. The van der Waals surface area contributed by atoms with Crippen LogP contribution in [0.15, 0.2) is 24.3 Å². The molecule has 5 amide bonds. The number of hydrogen-bond acceptors (Lipinski definition) is 3. The lowest BCUT2D eigenvalue weighted by Gasteiger charge is -2.32. The zero-order chi connectivity index (χ0) is 19.7. The number of nitrogens with zero attached hydrogens (tertiary/aromatic N) is 3. The van der Waals surface area contributed by atoms with Crippen LogP contribution in [0.2, 0.25) is 0 Å². The van der Waals surface area contributed by atoms with Crippen molar-refractivity contribution < 1.29 is 14.4 Å². The van der Waals surface area contributed by atoms with Gasteiger partial charge >= 0.3 is 12.1 Å². The van der Waals surface area contributed by atoms with Gasteiger partial charge in [0.05, 0.1) is 12.6 Å². The van der Waals surface area contributed by atoms with Gasteiger partial charge < -0.3 is 25.8 Å². The van der Waals surface area contributed by atoms with E-state index in [1.807, 2.05) is 17.0 Å². The number of urea groups is 2. The van der Waals surface area contributed by atoms with Crippen molar-refractivity contribution in [1.82, 2.24) is 20.0 Å². The summed E-state index contributed by atoms with van der Waals surface area (Å²) in [5, 5.41) is 2.36. The average molecular weight is 373 g/mol. The van der Waals surface area contributed by atoms with Gasteiger partial charge in [0.15, 0.2) is 0 Å². The molecule has 2 aliphatic heterocycles. The lowest BCUT2D eigenvalue weighted by molar-refractivity contribution is -0.129. The van der Waals surface area contributed by atoms with Gasteiger partial charge in [-0.25, -0.2) is 9.59 Å². The standard InChI is InChI=1S/C19H27N5O3/c1-12-6-4-5-7-14(12)17-15-11-23(16(25)8-21-18(20)26)9-13(15)10-24(17)19(27)22(2)3/h4-7,13,15,17H,8-11H2,1-3H3,(H3,20,21,26)/t13-,15-,17+/m1/s1. The minimum atomic E-state index is -0.705. The summed E-state index contributed by atoms with van der Waals surface area (Å²) < 4.78 is 0. The Hall–Kier alpha value is -2.77. The number of carbonyl (C=O) groups excluding carboxylic acids is 3. The molecule has 146 valence electrons. The van der Waals surface area contributed by atoms with Gasteiger partial charge in [-0.2, -0.15) is 0 Å². The normalized spacial score (nSPS) is 23.9. The van der Waals surface area contributed by atoms with Gasteiger partial charge in [0.2, 0.25) is 5.91 Å². The van der Waals surface area contributed by atoms with E-state index in [0.717, 1.165) is 11.1 Å². The van der Waals surface area contributed by atoms with Crippen molar-refractivity contribution in [3.05, 3.63) is 35.4 Å². The molecule has 3 N–H and O–H groups in total. The zero-order valence-electron chi connectivity index (χ0n) is 16.0. The predicted molar refractivity (Wildman–Crippen MR) is 101 cm³/mol. The molecule has 0 aliphatic carbocycles. The minimum absolute atomic E-state index is 0.00840. The summed E-state index contributed by atoms with van der Waals surface area (Å²) in [6.07, 6.45) is 0. The first-order valence-corrected chi connectivity index (χ1v) is 9.14. The van der Waals surface area contributed by atoms with Crippen LogP contribution in [0.3, 0.4) is 0 Å². The average Bonchev–Trinajstić information content (AvgIpc) is 3.17. The third-order valence-corrected chi connectivity index (χ3v) is 5.57. The van der Waals surface area contributed by atoms with E-state index in [1.54, 1.807) is 23.9 Å². The molecule has 0 aromatic heterocycles. The van der Waals surface area contributed by atoms with Crippen molar-refractivity contribution in [3.8, 4) is 0 Å². The largest absolute Gasteiger partial charge is 0.352 e. The van der Waals surface area contributed by atoms with Crippen LogP contribution in [0.1, 0.15) is 17.2 Å². The zero-order valence-corrected chi connectivity index (χ0v) is 16.0. The van der Waals surface area contributed by atoms with Crippen molar-refractivity contribution >= 4 is 18.0 Å². The van der Waals surface area contributed by atoms with Crippen molar-refractivity contribution in [3.63, 3.8) is 0 Å². The lowest BCUT2D eigenvalue weighted by Crippen LogP contribution is -2.44. The van der Waals surface area contributed by atoms with Crippen molar-refractivity contribution in [2.75, 3.05) is 40.3 Å². The van der Waals surface area contributed by atoms with Crippen LogP contribution in [0.4, 0.5) is 9.59 Å². The summed E-state index contributed by atoms with van der Waals surface area (Å²) in [4.78, 5) is 41.3. The molecule has 1 aromatic rings. The quantitative estimate of drug-likeness (QED) is 0.819. The van der Waals surface area contributed by atoms with Crippen LogP contribution in [-0.2, 0) is 4.79 Å².